The highest BCUT2D eigenvalue weighted by molar-refractivity contribution is 6.42. The van der Waals surface area contributed by atoms with Gasteiger partial charge in [-0.05, 0) is 39.0 Å². The van der Waals surface area contributed by atoms with Crippen molar-refractivity contribution in [1.29, 1.82) is 0 Å². The van der Waals surface area contributed by atoms with Crippen LogP contribution in [0.15, 0.2) is 18.2 Å². The molecule has 2 aliphatic rings. The molecule has 1 aromatic carbocycles. The minimum absolute atomic E-state index is 0.106. The van der Waals surface area contributed by atoms with E-state index in [0.717, 1.165) is 39.3 Å². The Bertz CT molecular complexity index is 687. The summed E-state index contributed by atoms with van der Waals surface area (Å²) in [4.78, 5) is 19.2. The molecule has 2 heterocycles. The van der Waals surface area contributed by atoms with Gasteiger partial charge in [-0.2, -0.15) is 0 Å². The van der Waals surface area contributed by atoms with E-state index in [1.807, 2.05) is 4.90 Å². The monoisotopic (exact) mass is 428 g/mol. The Morgan fingerprint density at radius 3 is 2.50 bits per heavy atom. The third kappa shape index (κ3) is 5.74. The Balaban J connectivity index is 1.45. The number of hydrogen-bond acceptors (Lipinski definition) is 4. The summed E-state index contributed by atoms with van der Waals surface area (Å²) >= 11 is 11.9. The number of hydrogen-bond donors (Lipinski definition) is 1. The van der Waals surface area contributed by atoms with Gasteiger partial charge in [0.1, 0.15) is 0 Å². The molecule has 2 aliphatic heterocycles. The van der Waals surface area contributed by atoms with Gasteiger partial charge in [-0.25, -0.2) is 4.79 Å². The van der Waals surface area contributed by atoms with Gasteiger partial charge < -0.3 is 15.0 Å². The summed E-state index contributed by atoms with van der Waals surface area (Å²) in [6.07, 6.45) is 0.226. The minimum Gasteiger partial charge on any atom is -0.374 e. The van der Waals surface area contributed by atoms with Crippen molar-refractivity contribution in [3.05, 3.63) is 28.2 Å². The van der Waals surface area contributed by atoms with Crippen LogP contribution in [0.2, 0.25) is 10.0 Å². The number of benzene rings is 1. The highest BCUT2D eigenvalue weighted by Crippen LogP contribution is 2.25. The lowest BCUT2D eigenvalue weighted by molar-refractivity contribution is -0.0713. The van der Waals surface area contributed by atoms with Crippen molar-refractivity contribution in [2.24, 2.45) is 0 Å². The second-order valence-corrected chi connectivity index (χ2v) is 9.27. The first-order valence-corrected chi connectivity index (χ1v) is 10.6. The molecule has 2 saturated heterocycles. The molecule has 0 bridgehead atoms. The third-order valence-electron chi connectivity index (χ3n) is 5.38. The second-order valence-electron chi connectivity index (χ2n) is 8.46. The first kappa shape index (κ1) is 21.7. The number of morpholine rings is 1. The van der Waals surface area contributed by atoms with Crippen molar-refractivity contribution in [2.45, 2.75) is 32.4 Å². The quantitative estimate of drug-likeness (QED) is 0.797. The number of carbonyl (C=O) groups is 1. The van der Waals surface area contributed by atoms with Crippen LogP contribution in [0.25, 0.3) is 0 Å². The number of rotatable bonds is 3. The van der Waals surface area contributed by atoms with Crippen LogP contribution >= 0.6 is 23.2 Å². The first-order chi connectivity index (χ1) is 13.2. The molecule has 28 heavy (non-hydrogen) atoms. The van der Waals surface area contributed by atoms with Crippen LogP contribution in [0.5, 0.6) is 0 Å². The van der Waals surface area contributed by atoms with E-state index in [0.29, 0.717) is 28.8 Å². The van der Waals surface area contributed by atoms with Crippen LogP contribution in [-0.4, -0.2) is 84.8 Å². The summed E-state index contributed by atoms with van der Waals surface area (Å²) in [6.45, 7) is 13.5. The second kappa shape index (κ2) is 9.18. The zero-order valence-corrected chi connectivity index (χ0v) is 18.4. The molecule has 0 aliphatic carbocycles. The predicted octanol–water partition coefficient (Wildman–Crippen LogP) is 3.64. The van der Waals surface area contributed by atoms with Crippen LogP contribution in [0.4, 0.5) is 10.5 Å². The fourth-order valence-corrected chi connectivity index (χ4v) is 3.94. The van der Waals surface area contributed by atoms with Gasteiger partial charge in [-0.15, -0.1) is 0 Å². The van der Waals surface area contributed by atoms with Crippen LogP contribution < -0.4 is 5.32 Å². The summed E-state index contributed by atoms with van der Waals surface area (Å²) in [5.41, 5.74) is 0.823. The molecule has 3 rings (SSSR count). The molecule has 0 radical (unpaired) electrons. The Labute approximate surface area is 177 Å². The molecule has 156 valence electrons. The highest BCUT2D eigenvalue weighted by Gasteiger charge is 2.30. The molecular formula is C20H30Cl2N4O2. The van der Waals surface area contributed by atoms with Crippen molar-refractivity contribution < 1.29 is 9.53 Å². The largest absolute Gasteiger partial charge is 0.374 e. The number of ether oxygens (including phenoxy) is 1. The number of nitrogens with zero attached hydrogens (tertiary/aromatic N) is 3. The summed E-state index contributed by atoms with van der Waals surface area (Å²) < 4.78 is 5.98. The molecule has 0 aromatic heterocycles. The normalized spacial score (nSPS) is 22.3. The van der Waals surface area contributed by atoms with Crippen LogP contribution in [0.1, 0.15) is 20.8 Å². The van der Waals surface area contributed by atoms with Gasteiger partial charge in [-0.1, -0.05) is 23.2 Å². The van der Waals surface area contributed by atoms with Crippen molar-refractivity contribution >= 4 is 34.9 Å². The maximum Gasteiger partial charge on any atom is 0.321 e. The number of piperazine rings is 1. The first-order valence-electron chi connectivity index (χ1n) is 9.82. The van der Waals surface area contributed by atoms with Crippen molar-refractivity contribution in [3.63, 3.8) is 0 Å². The predicted molar refractivity (Wildman–Crippen MR) is 115 cm³/mol. The molecule has 8 heteroatoms. The number of halogens is 2. The fraction of sp³-hybridized carbons (Fsp3) is 0.650. The smallest absolute Gasteiger partial charge is 0.321 e. The molecular weight excluding hydrogens is 399 g/mol. The Morgan fingerprint density at radius 2 is 1.86 bits per heavy atom. The van der Waals surface area contributed by atoms with E-state index < -0.39 is 0 Å². The summed E-state index contributed by atoms with van der Waals surface area (Å²) in [5.74, 6) is 0. The molecule has 1 N–H and O–H groups in total. The van der Waals surface area contributed by atoms with E-state index in [9.17, 15) is 4.79 Å². The average molecular weight is 429 g/mol. The SMILES string of the molecule is CC(C)(C)N1CCOC(CN2CCN(C(=O)Nc3ccc(Cl)c(Cl)c3)CC2)C1. The Morgan fingerprint density at radius 1 is 1.14 bits per heavy atom. The lowest BCUT2D eigenvalue weighted by Gasteiger charge is -2.43. The number of anilines is 1. The minimum atomic E-state index is -0.106. The summed E-state index contributed by atoms with van der Waals surface area (Å²) in [6, 6.07) is 5.00. The number of urea groups is 1. The Hall–Kier alpha value is -1.05. The van der Waals surface area contributed by atoms with Gasteiger partial charge >= 0.3 is 6.03 Å². The molecule has 1 unspecified atom stereocenters. The summed E-state index contributed by atoms with van der Waals surface area (Å²) in [5, 5.41) is 3.80. The molecule has 1 atom stereocenters. The van der Waals surface area contributed by atoms with E-state index in [1.165, 1.54) is 0 Å². The topological polar surface area (TPSA) is 48.1 Å². The standard InChI is InChI=1S/C20H30Cl2N4O2/c1-20(2,3)26-10-11-28-16(14-26)13-24-6-8-25(9-7-24)19(27)23-15-4-5-17(21)18(22)12-15/h4-5,12,16H,6-11,13-14H2,1-3H3,(H,23,27). The number of carbonyl (C=O) groups excluding carboxylic acids is 1. The maximum atomic E-state index is 12.5. The fourth-order valence-electron chi connectivity index (χ4n) is 3.64. The van der Waals surface area contributed by atoms with E-state index in [4.69, 9.17) is 27.9 Å². The van der Waals surface area contributed by atoms with E-state index in [-0.39, 0.29) is 17.7 Å². The highest BCUT2D eigenvalue weighted by atomic mass is 35.5. The molecule has 2 fully saturated rings. The van der Waals surface area contributed by atoms with Gasteiger partial charge in [0.25, 0.3) is 0 Å². The Kier molecular flexibility index (Phi) is 7.10. The van der Waals surface area contributed by atoms with E-state index in [2.05, 4.69) is 35.9 Å². The molecule has 0 spiro atoms. The average Bonchev–Trinajstić information content (AvgIpc) is 2.65. The lowest BCUT2D eigenvalue weighted by atomic mass is 10.0. The summed E-state index contributed by atoms with van der Waals surface area (Å²) in [7, 11) is 0. The van der Waals surface area contributed by atoms with Crippen molar-refractivity contribution in [3.8, 4) is 0 Å². The molecule has 1 aromatic rings. The van der Waals surface area contributed by atoms with Gasteiger partial charge in [-0.3, -0.25) is 9.80 Å². The van der Waals surface area contributed by atoms with Crippen LogP contribution in [0.3, 0.4) is 0 Å². The molecule has 0 saturated carbocycles. The van der Waals surface area contributed by atoms with Gasteiger partial charge in [0, 0.05) is 57.0 Å². The van der Waals surface area contributed by atoms with Crippen LogP contribution in [0, 0.1) is 0 Å². The van der Waals surface area contributed by atoms with Crippen LogP contribution in [-0.2, 0) is 4.74 Å². The van der Waals surface area contributed by atoms with Gasteiger partial charge in [0.2, 0.25) is 0 Å². The zero-order valence-electron chi connectivity index (χ0n) is 16.9. The molecule has 6 nitrogen and oxygen atoms in total. The third-order valence-corrected chi connectivity index (χ3v) is 6.12. The van der Waals surface area contributed by atoms with E-state index >= 15 is 0 Å². The van der Waals surface area contributed by atoms with E-state index in [1.54, 1.807) is 18.2 Å². The number of nitrogens with one attached hydrogen (secondary N) is 1. The zero-order chi connectivity index (χ0) is 20.3. The maximum absolute atomic E-state index is 12.5. The van der Waals surface area contributed by atoms with Crippen molar-refractivity contribution in [2.75, 3.05) is 57.7 Å². The van der Waals surface area contributed by atoms with Gasteiger partial charge in [0.05, 0.1) is 22.8 Å². The van der Waals surface area contributed by atoms with Gasteiger partial charge in [0.15, 0.2) is 0 Å². The lowest BCUT2D eigenvalue weighted by Crippen LogP contribution is -2.56. The van der Waals surface area contributed by atoms with Crippen molar-refractivity contribution in [1.82, 2.24) is 14.7 Å². The molecule has 2 amide bonds. The number of amides is 2.